The van der Waals surface area contributed by atoms with Crippen LogP contribution in [0.5, 0.6) is 0 Å². The number of nitrogens with two attached hydrogens (primary N) is 1. The number of nitrogens with zero attached hydrogens (tertiary/aromatic N) is 1. The number of oxazole rings is 1. The molecule has 1 aromatic heterocycles. The minimum atomic E-state index is 0.644. The van der Waals surface area contributed by atoms with Gasteiger partial charge in [0.15, 0.2) is 5.58 Å². The largest absolute Gasteiger partial charge is 0.436 e. The number of nitrogen functional groups attached to an aromatic ring is 1. The maximum absolute atomic E-state index is 10.1. The van der Waals surface area contributed by atoms with E-state index >= 15 is 0 Å². The highest BCUT2D eigenvalue weighted by atomic mass is 79.9. The van der Waals surface area contributed by atoms with Crippen LogP contribution in [0.4, 0.5) is 11.4 Å². The Labute approximate surface area is 165 Å². The molecule has 4 aromatic rings. The fourth-order valence-corrected chi connectivity index (χ4v) is 2.73. The Balaban J connectivity index is 0.000000197. The molecule has 1 heterocycles. The van der Waals surface area contributed by atoms with Crippen LogP contribution in [-0.2, 0) is 0 Å². The molecule has 0 radical (unpaired) electrons. The molecule has 0 unspecified atom stereocenters. The van der Waals surface area contributed by atoms with Gasteiger partial charge >= 0.3 is 0 Å². The van der Waals surface area contributed by atoms with E-state index in [4.69, 9.17) is 10.2 Å². The number of hydrogen-bond acceptors (Lipinski definition) is 5. The summed E-state index contributed by atoms with van der Waals surface area (Å²) in [5.41, 5.74) is 10.4. The zero-order valence-corrected chi connectivity index (χ0v) is 16.2. The summed E-state index contributed by atoms with van der Waals surface area (Å²) in [6.07, 6.45) is 0.791. The van der Waals surface area contributed by atoms with Crippen LogP contribution in [0.15, 0.2) is 75.6 Å². The van der Waals surface area contributed by atoms with Gasteiger partial charge in [-0.15, -0.1) is 0 Å². The van der Waals surface area contributed by atoms with Crippen LogP contribution in [0.3, 0.4) is 0 Å². The molecule has 0 atom stereocenters. The molecule has 5 nitrogen and oxygen atoms in total. The van der Waals surface area contributed by atoms with E-state index in [0.717, 1.165) is 33.1 Å². The lowest BCUT2D eigenvalue weighted by molar-refractivity contribution is 0.112. The monoisotopic (exact) mass is 423 g/mol. The summed E-state index contributed by atoms with van der Waals surface area (Å²) in [5, 5.41) is 3.08. The molecule has 4 rings (SSSR count). The van der Waals surface area contributed by atoms with Gasteiger partial charge in [0.1, 0.15) is 11.8 Å². The van der Waals surface area contributed by atoms with Gasteiger partial charge in [0, 0.05) is 34.0 Å². The summed E-state index contributed by atoms with van der Waals surface area (Å²) >= 11 is 3.43. The molecule has 0 amide bonds. The van der Waals surface area contributed by atoms with Crippen LogP contribution in [0, 0.1) is 0 Å². The van der Waals surface area contributed by atoms with Crippen molar-refractivity contribution in [3.8, 4) is 11.5 Å². The van der Waals surface area contributed by atoms with Crippen LogP contribution in [0.25, 0.3) is 22.6 Å². The van der Waals surface area contributed by atoms with Gasteiger partial charge in [-0.1, -0.05) is 15.9 Å². The molecule has 0 fully saturated rings. The number of anilines is 2. The molecule has 0 saturated carbocycles. The number of fused-ring (bicyclic) bond motifs is 1. The molecule has 0 aliphatic heterocycles. The average molecular weight is 424 g/mol. The number of nitrogens with one attached hydrogen (secondary N) is 1. The topological polar surface area (TPSA) is 81.2 Å². The number of carbonyl (C=O) groups excluding carboxylic acids is 1. The Hall–Kier alpha value is -3.12. The summed E-state index contributed by atoms with van der Waals surface area (Å²) < 4.78 is 6.73. The molecule has 27 heavy (non-hydrogen) atoms. The van der Waals surface area contributed by atoms with E-state index < -0.39 is 0 Å². The summed E-state index contributed by atoms with van der Waals surface area (Å²) in [6.45, 7) is 0. The molecule has 0 saturated heterocycles. The highest BCUT2D eigenvalue weighted by molar-refractivity contribution is 9.10. The first-order valence-corrected chi connectivity index (χ1v) is 9.03. The summed E-state index contributed by atoms with van der Waals surface area (Å²) in [5.74, 6) is 0.644. The van der Waals surface area contributed by atoms with Crippen molar-refractivity contribution < 1.29 is 9.21 Å². The fourth-order valence-electron chi connectivity index (χ4n) is 2.38. The lowest BCUT2D eigenvalue weighted by Crippen LogP contribution is -1.86. The predicted octanol–water partition coefficient (Wildman–Crippen LogP) is 5.38. The second kappa shape index (κ2) is 8.51. The van der Waals surface area contributed by atoms with E-state index in [1.165, 1.54) is 0 Å². The minimum Gasteiger partial charge on any atom is -0.436 e. The van der Waals surface area contributed by atoms with E-state index in [1.54, 1.807) is 24.3 Å². The first-order chi connectivity index (χ1) is 13.1. The Kier molecular flexibility index (Phi) is 5.88. The predicted molar refractivity (Wildman–Crippen MR) is 113 cm³/mol. The molecule has 3 N–H and O–H groups in total. The number of carbonyl (C=O) groups is 1. The normalized spacial score (nSPS) is 10.1. The second-order valence-electron chi connectivity index (χ2n) is 5.74. The molecule has 136 valence electrons. The number of halogens is 1. The quantitative estimate of drug-likeness (QED) is 0.341. The van der Waals surface area contributed by atoms with Gasteiger partial charge in [0.25, 0.3) is 0 Å². The zero-order valence-electron chi connectivity index (χ0n) is 14.6. The summed E-state index contributed by atoms with van der Waals surface area (Å²) in [7, 11) is 1.89. The Morgan fingerprint density at radius 2 is 1.74 bits per heavy atom. The molecule has 3 aromatic carbocycles. The van der Waals surface area contributed by atoms with E-state index in [9.17, 15) is 4.79 Å². The minimum absolute atomic E-state index is 0.644. The third-order valence-corrected chi connectivity index (χ3v) is 4.34. The van der Waals surface area contributed by atoms with Gasteiger partial charge in [-0.3, -0.25) is 4.79 Å². The van der Waals surface area contributed by atoms with Crippen molar-refractivity contribution in [3.05, 3.63) is 76.8 Å². The highest BCUT2D eigenvalue weighted by Crippen LogP contribution is 2.27. The van der Waals surface area contributed by atoms with Crippen molar-refractivity contribution in [1.82, 2.24) is 4.98 Å². The molecule has 6 heteroatoms. The molecule has 0 aliphatic carbocycles. The van der Waals surface area contributed by atoms with Gasteiger partial charge in [-0.05, 0) is 66.7 Å². The summed E-state index contributed by atoms with van der Waals surface area (Å²) in [6, 6.07) is 20.6. The maximum Gasteiger partial charge on any atom is 0.227 e. The third kappa shape index (κ3) is 4.74. The number of rotatable bonds is 3. The molecular formula is C21H18BrN3O2. The smallest absolute Gasteiger partial charge is 0.227 e. The SMILES string of the molecule is CNc1ccc(-c2nc3cc(Br)ccc3o2)cc1.Nc1ccc(C=O)cc1. The van der Waals surface area contributed by atoms with Gasteiger partial charge in [0.2, 0.25) is 5.89 Å². The van der Waals surface area contributed by atoms with Crippen molar-refractivity contribution >= 4 is 44.7 Å². The standard InChI is InChI=1S/C14H11BrN2O.C7H7NO/c1-16-11-5-2-9(3-6-11)14-17-12-8-10(15)4-7-13(12)18-14;8-7-3-1-6(5-9)2-4-7/h2-8,16H,1H3;1-5H,8H2. The van der Waals surface area contributed by atoms with Crippen molar-refractivity contribution in [1.29, 1.82) is 0 Å². The average Bonchev–Trinajstić information content (AvgIpc) is 3.12. The lowest BCUT2D eigenvalue weighted by atomic mass is 10.2. The van der Waals surface area contributed by atoms with Gasteiger partial charge in [-0.25, -0.2) is 4.98 Å². The van der Waals surface area contributed by atoms with Gasteiger partial charge in [0.05, 0.1) is 0 Å². The third-order valence-electron chi connectivity index (χ3n) is 3.84. The number of benzene rings is 3. The van der Waals surface area contributed by atoms with E-state index in [-0.39, 0.29) is 0 Å². The van der Waals surface area contributed by atoms with Crippen molar-refractivity contribution in [2.75, 3.05) is 18.1 Å². The van der Waals surface area contributed by atoms with Crippen LogP contribution >= 0.6 is 15.9 Å². The van der Waals surface area contributed by atoms with E-state index in [1.807, 2.05) is 49.5 Å². The molecule has 0 bridgehead atoms. The fraction of sp³-hybridized carbons (Fsp3) is 0.0476. The first kappa shape index (κ1) is 18.7. The van der Waals surface area contributed by atoms with Crippen LogP contribution in [-0.4, -0.2) is 18.3 Å². The summed E-state index contributed by atoms with van der Waals surface area (Å²) in [4.78, 5) is 14.6. The van der Waals surface area contributed by atoms with Crippen molar-refractivity contribution in [2.45, 2.75) is 0 Å². The van der Waals surface area contributed by atoms with Gasteiger partial charge in [-0.2, -0.15) is 0 Å². The van der Waals surface area contributed by atoms with Crippen LogP contribution in [0.2, 0.25) is 0 Å². The molecular weight excluding hydrogens is 406 g/mol. The molecule has 0 spiro atoms. The number of aromatic nitrogens is 1. The van der Waals surface area contributed by atoms with Crippen molar-refractivity contribution in [2.24, 2.45) is 0 Å². The van der Waals surface area contributed by atoms with Gasteiger partial charge < -0.3 is 15.5 Å². The lowest BCUT2D eigenvalue weighted by Gasteiger charge is -1.99. The Morgan fingerprint density at radius 1 is 1.04 bits per heavy atom. The second-order valence-corrected chi connectivity index (χ2v) is 6.66. The van der Waals surface area contributed by atoms with E-state index in [2.05, 4.69) is 26.2 Å². The number of aldehydes is 1. The van der Waals surface area contributed by atoms with E-state index in [0.29, 0.717) is 17.1 Å². The Morgan fingerprint density at radius 3 is 2.37 bits per heavy atom. The highest BCUT2D eigenvalue weighted by Gasteiger charge is 2.08. The zero-order chi connectivity index (χ0) is 19.2. The number of hydrogen-bond donors (Lipinski definition) is 2. The van der Waals surface area contributed by atoms with Crippen molar-refractivity contribution in [3.63, 3.8) is 0 Å². The maximum atomic E-state index is 10.1. The van der Waals surface area contributed by atoms with Crippen LogP contribution < -0.4 is 11.1 Å². The molecule has 0 aliphatic rings. The first-order valence-electron chi connectivity index (χ1n) is 8.24. The van der Waals surface area contributed by atoms with Crippen LogP contribution in [0.1, 0.15) is 10.4 Å². The Bertz CT molecular complexity index is 1040.